The fourth-order valence-corrected chi connectivity index (χ4v) is 1.40. The van der Waals surface area contributed by atoms with Crippen LogP contribution in [0, 0.1) is 0 Å². The maximum atomic E-state index is 6.03. The lowest BCUT2D eigenvalue weighted by molar-refractivity contribution is 1.56. The van der Waals surface area contributed by atoms with Gasteiger partial charge in [-0.1, -0.05) is 48.0 Å². The van der Waals surface area contributed by atoms with Crippen molar-refractivity contribution in [3.8, 4) is 0 Å². The van der Waals surface area contributed by atoms with Crippen molar-refractivity contribution < 1.29 is 0 Å². The monoisotopic (exact) mass is 192 g/mol. The topological polar surface area (TPSA) is 0 Å². The summed E-state index contributed by atoms with van der Waals surface area (Å²) in [7, 11) is 0. The normalized spacial score (nSPS) is 12.4. The van der Waals surface area contributed by atoms with Crippen LogP contribution in [-0.2, 0) is 0 Å². The van der Waals surface area contributed by atoms with Crippen LogP contribution in [0.1, 0.15) is 19.4 Å². The summed E-state index contributed by atoms with van der Waals surface area (Å²) >= 11 is 6.03. The van der Waals surface area contributed by atoms with Crippen molar-refractivity contribution >= 4 is 17.2 Å². The molecule has 1 rings (SSSR count). The van der Waals surface area contributed by atoms with Crippen LogP contribution < -0.4 is 0 Å². The lowest BCUT2D eigenvalue weighted by Gasteiger charge is -2.02. The second kappa shape index (κ2) is 4.88. The summed E-state index contributed by atoms with van der Waals surface area (Å²) in [5, 5.41) is 0.806. The molecule has 0 bridgehead atoms. The van der Waals surface area contributed by atoms with Gasteiger partial charge in [0.15, 0.2) is 0 Å². The fraction of sp³-hybridized carbons (Fsp3) is 0.167. The molecule has 0 N–H and O–H groups in total. The van der Waals surface area contributed by atoms with Gasteiger partial charge < -0.3 is 0 Å². The molecule has 0 spiro atoms. The zero-order valence-electron chi connectivity index (χ0n) is 7.92. The van der Waals surface area contributed by atoms with E-state index >= 15 is 0 Å². The van der Waals surface area contributed by atoms with Crippen molar-refractivity contribution in [3.05, 3.63) is 53.1 Å². The summed E-state index contributed by atoms with van der Waals surface area (Å²) in [4.78, 5) is 0. The van der Waals surface area contributed by atoms with E-state index in [1.54, 1.807) is 0 Å². The first kappa shape index (κ1) is 10.1. The Morgan fingerprint density at radius 3 is 2.62 bits per heavy atom. The number of rotatable bonds is 2. The molecule has 0 saturated heterocycles. The van der Waals surface area contributed by atoms with Crippen LogP contribution in [0.25, 0.3) is 5.57 Å². The highest BCUT2D eigenvalue weighted by molar-refractivity contribution is 6.32. The van der Waals surface area contributed by atoms with Gasteiger partial charge in [0, 0.05) is 5.02 Å². The molecule has 0 aliphatic rings. The van der Waals surface area contributed by atoms with Crippen molar-refractivity contribution in [2.24, 2.45) is 0 Å². The average molecular weight is 193 g/mol. The summed E-state index contributed by atoms with van der Waals surface area (Å²) in [6, 6.07) is 7.87. The molecular formula is C12H13Cl. The van der Waals surface area contributed by atoms with Crippen molar-refractivity contribution in [1.82, 2.24) is 0 Å². The highest BCUT2D eigenvalue weighted by Gasteiger charge is 1.98. The number of hydrogen-bond donors (Lipinski definition) is 0. The van der Waals surface area contributed by atoms with Crippen LogP contribution in [-0.4, -0.2) is 0 Å². The maximum absolute atomic E-state index is 6.03. The molecule has 0 nitrogen and oxygen atoms in total. The van der Waals surface area contributed by atoms with Crippen LogP contribution in [0.4, 0.5) is 0 Å². The van der Waals surface area contributed by atoms with Crippen molar-refractivity contribution in [2.75, 3.05) is 0 Å². The van der Waals surface area contributed by atoms with E-state index in [1.165, 1.54) is 5.57 Å². The second-order valence-electron chi connectivity index (χ2n) is 2.86. The van der Waals surface area contributed by atoms with Crippen LogP contribution in [0.5, 0.6) is 0 Å². The Morgan fingerprint density at radius 1 is 1.31 bits per heavy atom. The Bertz CT molecular complexity index is 335. The summed E-state index contributed by atoms with van der Waals surface area (Å²) in [6.45, 7) is 4.05. The summed E-state index contributed by atoms with van der Waals surface area (Å²) < 4.78 is 0. The Kier molecular flexibility index (Phi) is 3.78. The van der Waals surface area contributed by atoms with Gasteiger partial charge in [-0.25, -0.2) is 0 Å². The van der Waals surface area contributed by atoms with Crippen LogP contribution in [0.15, 0.2) is 42.5 Å². The zero-order valence-corrected chi connectivity index (χ0v) is 8.68. The third-order valence-corrected chi connectivity index (χ3v) is 2.17. The lowest BCUT2D eigenvalue weighted by atomic mass is 10.1. The molecular weight excluding hydrogens is 180 g/mol. The number of hydrogen-bond acceptors (Lipinski definition) is 0. The van der Waals surface area contributed by atoms with E-state index in [0.29, 0.717) is 0 Å². The molecule has 0 atom stereocenters. The minimum Gasteiger partial charge on any atom is -0.0877 e. The largest absolute Gasteiger partial charge is 0.0877 e. The first-order chi connectivity index (χ1) is 6.25. The molecule has 0 saturated carbocycles. The molecule has 1 aromatic carbocycles. The van der Waals surface area contributed by atoms with Gasteiger partial charge >= 0.3 is 0 Å². The standard InChI is InChI=1S/C12H13Cl/c1-3-4-7-10(2)11-8-5-6-9-12(11)13/h3-9H,1-2H3/b4-3-,10-7+. The van der Waals surface area contributed by atoms with E-state index in [9.17, 15) is 0 Å². The summed E-state index contributed by atoms with van der Waals surface area (Å²) in [6.07, 6.45) is 6.07. The van der Waals surface area contributed by atoms with E-state index in [0.717, 1.165) is 10.6 Å². The molecule has 0 aliphatic heterocycles. The van der Waals surface area contributed by atoms with E-state index in [4.69, 9.17) is 11.6 Å². The highest BCUT2D eigenvalue weighted by Crippen LogP contribution is 2.22. The van der Waals surface area contributed by atoms with Crippen LogP contribution in [0.3, 0.4) is 0 Å². The van der Waals surface area contributed by atoms with E-state index in [1.807, 2.05) is 43.3 Å². The smallest absolute Gasteiger partial charge is 0.0481 e. The predicted octanol–water partition coefficient (Wildman–Crippen LogP) is 4.32. The minimum absolute atomic E-state index is 0.806. The molecule has 0 fully saturated rings. The van der Waals surface area contributed by atoms with Gasteiger partial charge in [0.2, 0.25) is 0 Å². The number of allylic oxidation sites excluding steroid dienone is 4. The molecule has 0 heterocycles. The van der Waals surface area contributed by atoms with Crippen LogP contribution >= 0.6 is 11.6 Å². The number of benzene rings is 1. The van der Waals surface area contributed by atoms with Gasteiger partial charge in [0.1, 0.15) is 0 Å². The molecule has 13 heavy (non-hydrogen) atoms. The molecule has 0 aliphatic carbocycles. The van der Waals surface area contributed by atoms with Gasteiger partial charge in [-0.3, -0.25) is 0 Å². The molecule has 1 heteroatoms. The summed E-state index contributed by atoms with van der Waals surface area (Å²) in [5.41, 5.74) is 2.28. The molecule has 1 aromatic rings. The minimum atomic E-state index is 0.806. The van der Waals surface area contributed by atoms with Gasteiger partial charge in [-0.15, -0.1) is 0 Å². The predicted molar refractivity (Wildman–Crippen MR) is 59.9 cm³/mol. The second-order valence-corrected chi connectivity index (χ2v) is 3.26. The van der Waals surface area contributed by atoms with E-state index in [2.05, 4.69) is 13.0 Å². The Morgan fingerprint density at radius 2 is 2.00 bits per heavy atom. The van der Waals surface area contributed by atoms with Gasteiger partial charge in [-0.05, 0) is 31.1 Å². The Balaban J connectivity index is 3.01. The third-order valence-electron chi connectivity index (χ3n) is 1.84. The molecule has 0 unspecified atom stereocenters. The van der Waals surface area contributed by atoms with Crippen LogP contribution in [0.2, 0.25) is 5.02 Å². The molecule has 0 radical (unpaired) electrons. The first-order valence-electron chi connectivity index (χ1n) is 4.30. The fourth-order valence-electron chi connectivity index (χ4n) is 1.11. The Hall–Kier alpha value is -1.01. The van der Waals surface area contributed by atoms with Gasteiger partial charge in [-0.2, -0.15) is 0 Å². The lowest BCUT2D eigenvalue weighted by Crippen LogP contribution is -1.79. The maximum Gasteiger partial charge on any atom is 0.0481 e. The van der Waals surface area contributed by atoms with E-state index in [-0.39, 0.29) is 0 Å². The van der Waals surface area contributed by atoms with E-state index < -0.39 is 0 Å². The zero-order chi connectivity index (χ0) is 9.68. The Labute approximate surface area is 84.5 Å². The van der Waals surface area contributed by atoms with Crippen molar-refractivity contribution in [1.29, 1.82) is 0 Å². The quantitative estimate of drug-likeness (QED) is 0.613. The highest BCUT2D eigenvalue weighted by atomic mass is 35.5. The third kappa shape index (κ3) is 2.74. The SMILES string of the molecule is C/C=C\C=C(/C)c1ccccc1Cl. The van der Waals surface area contributed by atoms with Gasteiger partial charge in [0.25, 0.3) is 0 Å². The average Bonchev–Trinajstić information content (AvgIpc) is 2.15. The van der Waals surface area contributed by atoms with Crippen molar-refractivity contribution in [3.63, 3.8) is 0 Å². The summed E-state index contributed by atoms with van der Waals surface area (Å²) in [5.74, 6) is 0. The molecule has 0 amide bonds. The molecule has 0 aromatic heterocycles. The molecule has 68 valence electrons. The first-order valence-corrected chi connectivity index (χ1v) is 4.68. The van der Waals surface area contributed by atoms with Gasteiger partial charge in [0.05, 0.1) is 0 Å². The number of halogens is 1. The van der Waals surface area contributed by atoms with Crippen molar-refractivity contribution in [2.45, 2.75) is 13.8 Å².